The molecule has 2 aromatic carbocycles. The lowest BCUT2D eigenvalue weighted by molar-refractivity contribution is -0.124. The Labute approximate surface area is 191 Å². The standard InChI is InChI=1S/C24H21Cl2N3O2/c1-13(30)29-20-10-15(27-4)6-8-18(20)28-19-11-24(2,3)12-21(31)22(19)23(29)16-7-5-14(25)9-17(16)26/h5-10,22-23H,11-12H2,1-3H3. The van der Waals surface area contributed by atoms with E-state index in [1.807, 2.05) is 13.8 Å². The zero-order valence-electron chi connectivity index (χ0n) is 17.4. The van der Waals surface area contributed by atoms with Gasteiger partial charge in [0.05, 0.1) is 29.9 Å². The van der Waals surface area contributed by atoms with E-state index in [1.165, 1.54) is 6.92 Å². The van der Waals surface area contributed by atoms with Gasteiger partial charge in [0, 0.05) is 29.1 Å². The summed E-state index contributed by atoms with van der Waals surface area (Å²) in [5.41, 5.74) is 2.60. The first-order valence-electron chi connectivity index (χ1n) is 9.98. The zero-order valence-corrected chi connectivity index (χ0v) is 19.0. The van der Waals surface area contributed by atoms with Gasteiger partial charge in [-0.3, -0.25) is 14.6 Å². The van der Waals surface area contributed by atoms with Crippen LogP contribution in [0, 0.1) is 17.9 Å². The summed E-state index contributed by atoms with van der Waals surface area (Å²) in [4.78, 5) is 36.4. The minimum atomic E-state index is -0.674. The third kappa shape index (κ3) is 3.86. The van der Waals surface area contributed by atoms with Gasteiger partial charge in [-0.25, -0.2) is 4.85 Å². The largest absolute Gasteiger partial charge is 0.303 e. The van der Waals surface area contributed by atoms with Crippen molar-refractivity contribution in [2.24, 2.45) is 16.3 Å². The van der Waals surface area contributed by atoms with E-state index < -0.39 is 12.0 Å². The number of carbonyl (C=O) groups excluding carboxylic acids is 2. The summed E-state index contributed by atoms with van der Waals surface area (Å²) >= 11 is 12.7. The van der Waals surface area contributed by atoms with Crippen molar-refractivity contribution in [3.05, 3.63) is 63.4 Å². The molecule has 0 spiro atoms. The second-order valence-corrected chi connectivity index (χ2v) is 9.69. The number of benzene rings is 2. The van der Waals surface area contributed by atoms with Crippen molar-refractivity contribution in [3.8, 4) is 0 Å². The number of hydrogen-bond acceptors (Lipinski definition) is 3. The number of anilines is 1. The number of halogens is 2. The molecule has 1 fully saturated rings. The number of amides is 1. The fraction of sp³-hybridized carbons (Fsp3) is 0.333. The van der Waals surface area contributed by atoms with Crippen LogP contribution in [0.15, 0.2) is 41.4 Å². The lowest BCUT2D eigenvalue weighted by atomic mass is 9.68. The Bertz CT molecular complexity index is 1180. The number of carbonyl (C=O) groups is 2. The fourth-order valence-electron chi connectivity index (χ4n) is 4.65. The summed E-state index contributed by atoms with van der Waals surface area (Å²) in [5.74, 6) is -0.858. The molecule has 4 rings (SSSR count). The van der Waals surface area contributed by atoms with E-state index in [9.17, 15) is 9.59 Å². The summed E-state index contributed by atoms with van der Waals surface area (Å²) in [6, 6.07) is 9.47. The summed E-state index contributed by atoms with van der Waals surface area (Å²) in [5, 5.41) is 0.850. The molecule has 2 aromatic rings. The van der Waals surface area contributed by atoms with Gasteiger partial charge in [0.25, 0.3) is 0 Å². The van der Waals surface area contributed by atoms with Gasteiger partial charge in [-0.1, -0.05) is 49.2 Å². The first-order valence-corrected chi connectivity index (χ1v) is 10.7. The zero-order chi connectivity index (χ0) is 22.5. The van der Waals surface area contributed by atoms with Crippen LogP contribution in [0.1, 0.15) is 45.2 Å². The van der Waals surface area contributed by atoms with Crippen LogP contribution in [-0.4, -0.2) is 17.4 Å². The van der Waals surface area contributed by atoms with Gasteiger partial charge in [0.15, 0.2) is 5.69 Å². The van der Waals surface area contributed by atoms with Gasteiger partial charge in [-0.15, -0.1) is 0 Å². The van der Waals surface area contributed by atoms with Crippen molar-refractivity contribution in [2.45, 2.75) is 39.7 Å². The number of aliphatic imine (C=N–C) groups is 1. The van der Waals surface area contributed by atoms with E-state index >= 15 is 0 Å². The normalized spacial score (nSPS) is 22.0. The third-order valence-corrected chi connectivity index (χ3v) is 6.41. The fourth-order valence-corrected chi connectivity index (χ4v) is 5.17. The number of hydrogen-bond donors (Lipinski definition) is 0. The van der Waals surface area contributed by atoms with Crippen LogP contribution in [0.4, 0.5) is 17.1 Å². The number of ketones is 1. The minimum Gasteiger partial charge on any atom is -0.303 e. The second-order valence-electron chi connectivity index (χ2n) is 8.85. The molecule has 158 valence electrons. The maximum atomic E-state index is 13.5. The Morgan fingerprint density at radius 3 is 2.58 bits per heavy atom. The first-order chi connectivity index (χ1) is 14.6. The van der Waals surface area contributed by atoms with E-state index in [0.717, 1.165) is 5.71 Å². The molecule has 7 heteroatoms. The molecule has 0 radical (unpaired) electrons. The van der Waals surface area contributed by atoms with Gasteiger partial charge < -0.3 is 4.90 Å². The molecule has 31 heavy (non-hydrogen) atoms. The Morgan fingerprint density at radius 1 is 1.19 bits per heavy atom. The van der Waals surface area contributed by atoms with Crippen LogP contribution in [-0.2, 0) is 9.59 Å². The minimum absolute atomic E-state index is 0.0236. The quantitative estimate of drug-likeness (QED) is 0.449. The molecule has 1 aliphatic carbocycles. The molecular weight excluding hydrogens is 433 g/mol. The van der Waals surface area contributed by atoms with Gasteiger partial charge in [0.1, 0.15) is 5.78 Å². The van der Waals surface area contributed by atoms with Crippen LogP contribution in [0.25, 0.3) is 4.85 Å². The molecule has 1 saturated carbocycles. The van der Waals surface area contributed by atoms with E-state index in [0.29, 0.717) is 45.5 Å². The van der Waals surface area contributed by atoms with Gasteiger partial charge in [0.2, 0.25) is 5.91 Å². The maximum Gasteiger partial charge on any atom is 0.224 e. The molecule has 2 unspecified atom stereocenters. The molecule has 0 bridgehead atoms. The van der Waals surface area contributed by atoms with Crippen LogP contribution in [0.5, 0.6) is 0 Å². The number of rotatable bonds is 1. The Morgan fingerprint density at radius 2 is 1.94 bits per heavy atom. The smallest absolute Gasteiger partial charge is 0.224 e. The molecule has 2 atom stereocenters. The third-order valence-electron chi connectivity index (χ3n) is 5.84. The highest BCUT2D eigenvalue weighted by atomic mass is 35.5. The predicted octanol–water partition coefficient (Wildman–Crippen LogP) is 6.73. The molecule has 5 nitrogen and oxygen atoms in total. The Kier molecular flexibility index (Phi) is 5.41. The molecule has 2 aliphatic rings. The van der Waals surface area contributed by atoms with Gasteiger partial charge in [-0.2, -0.15) is 0 Å². The van der Waals surface area contributed by atoms with Crippen molar-refractivity contribution < 1.29 is 9.59 Å². The lowest BCUT2D eigenvalue weighted by Crippen LogP contribution is -2.47. The van der Waals surface area contributed by atoms with E-state index in [1.54, 1.807) is 41.3 Å². The van der Waals surface area contributed by atoms with E-state index in [4.69, 9.17) is 34.8 Å². The SMILES string of the molecule is [C-]#[N+]c1ccc2c(c1)N(C(C)=O)C(c1ccc(Cl)cc1Cl)C1C(=O)CC(C)(C)CC1=N2. The molecule has 0 aromatic heterocycles. The highest BCUT2D eigenvalue weighted by molar-refractivity contribution is 6.35. The lowest BCUT2D eigenvalue weighted by Gasteiger charge is -2.41. The van der Waals surface area contributed by atoms with Crippen molar-refractivity contribution in [1.82, 2.24) is 0 Å². The second kappa shape index (κ2) is 7.78. The first kappa shape index (κ1) is 21.5. The topological polar surface area (TPSA) is 54.1 Å². The number of nitrogens with zero attached hydrogens (tertiary/aromatic N) is 3. The Hall–Kier alpha value is -2.68. The molecule has 1 amide bonds. The van der Waals surface area contributed by atoms with Crippen molar-refractivity contribution in [1.29, 1.82) is 0 Å². The highest BCUT2D eigenvalue weighted by Gasteiger charge is 2.47. The van der Waals surface area contributed by atoms with Crippen LogP contribution < -0.4 is 4.90 Å². The van der Waals surface area contributed by atoms with E-state index in [-0.39, 0.29) is 17.1 Å². The molecular formula is C24H21Cl2N3O2. The molecule has 1 heterocycles. The average molecular weight is 454 g/mol. The Balaban J connectivity index is 2.04. The number of fused-ring (bicyclic) bond motifs is 2. The average Bonchev–Trinajstić information content (AvgIpc) is 2.80. The summed E-state index contributed by atoms with van der Waals surface area (Å²) < 4.78 is 0. The van der Waals surface area contributed by atoms with Gasteiger partial charge >= 0.3 is 0 Å². The van der Waals surface area contributed by atoms with Crippen molar-refractivity contribution >= 4 is 57.7 Å². The summed E-state index contributed by atoms with van der Waals surface area (Å²) in [6.07, 6.45) is 1.01. The van der Waals surface area contributed by atoms with Crippen LogP contribution in [0.3, 0.4) is 0 Å². The van der Waals surface area contributed by atoms with Crippen LogP contribution >= 0.6 is 23.2 Å². The monoisotopic (exact) mass is 453 g/mol. The van der Waals surface area contributed by atoms with Crippen molar-refractivity contribution in [3.63, 3.8) is 0 Å². The van der Waals surface area contributed by atoms with Crippen molar-refractivity contribution in [2.75, 3.05) is 4.90 Å². The number of Topliss-reactive ketones (excluding diaryl/α,β-unsaturated/α-hetero) is 1. The maximum absolute atomic E-state index is 13.5. The predicted molar refractivity (Wildman–Crippen MR) is 124 cm³/mol. The molecule has 1 aliphatic heterocycles. The van der Waals surface area contributed by atoms with Gasteiger partial charge in [-0.05, 0) is 41.7 Å². The molecule has 0 saturated heterocycles. The molecule has 0 N–H and O–H groups in total. The highest BCUT2D eigenvalue weighted by Crippen LogP contribution is 2.50. The summed E-state index contributed by atoms with van der Waals surface area (Å²) in [6.45, 7) is 12.9. The van der Waals surface area contributed by atoms with E-state index in [2.05, 4.69) is 4.85 Å². The summed E-state index contributed by atoms with van der Waals surface area (Å²) in [7, 11) is 0. The van der Waals surface area contributed by atoms with Crippen LogP contribution in [0.2, 0.25) is 10.0 Å².